The van der Waals surface area contributed by atoms with Crippen LogP contribution in [-0.2, 0) is 11.2 Å². The topological polar surface area (TPSA) is 29.1 Å². The molecule has 0 unspecified atom stereocenters. The number of nitrogens with one attached hydrogen (secondary N) is 1. The first-order valence-electron chi connectivity index (χ1n) is 6.34. The Balaban J connectivity index is 1.95. The van der Waals surface area contributed by atoms with Crippen molar-refractivity contribution >= 4 is 21.8 Å². The van der Waals surface area contributed by atoms with E-state index in [-0.39, 0.29) is 24.2 Å². The Hall–Kier alpha value is -1.68. The van der Waals surface area contributed by atoms with E-state index in [9.17, 15) is 9.18 Å². The van der Waals surface area contributed by atoms with Crippen LogP contribution >= 0.6 is 15.9 Å². The number of hydrogen-bond acceptors (Lipinski definition) is 1. The van der Waals surface area contributed by atoms with Crippen LogP contribution in [0.5, 0.6) is 0 Å². The molecule has 1 atom stereocenters. The van der Waals surface area contributed by atoms with Crippen molar-refractivity contribution in [3.8, 4) is 0 Å². The van der Waals surface area contributed by atoms with Crippen LogP contribution in [0.1, 0.15) is 24.1 Å². The van der Waals surface area contributed by atoms with E-state index in [0.717, 1.165) is 10.0 Å². The smallest absolute Gasteiger partial charge is 0.224 e. The lowest BCUT2D eigenvalue weighted by Crippen LogP contribution is -2.28. The van der Waals surface area contributed by atoms with E-state index in [1.165, 1.54) is 12.1 Å². The molecular weight excluding hydrogens is 321 g/mol. The second-order valence-corrected chi connectivity index (χ2v) is 5.56. The number of benzene rings is 2. The van der Waals surface area contributed by atoms with Gasteiger partial charge in [-0.15, -0.1) is 0 Å². The molecule has 0 saturated heterocycles. The number of amides is 1. The first-order valence-corrected chi connectivity index (χ1v) is 7.13. The third-order valence-corrected chi connectivity index (χ3v) is 3.53. The van der Waals surface area contributed by atoms with Gasteiger partial charge in [-0.3, -0.25) is 4.79 Å². The Morgan fingerprint density at radius 2 is 1.95 bits per heavy atom. The molecule has 0 aromatic heterocycles. The van der Waals surface area contributed by atoms with Crippen LogP contribution in [0, 0.1) is 5.82 Å². The number of hydrogen-bond donors (Lipinski definition) is 1. The lowest BCUT2D eigenvalue weighted by atomic mass is 10.1. The van der Waals surface area contributed by atoms with Gasteiger partial charge in [-0.1, -0.05) is 40.2 Å². The van der Waals surface area contributed by atoms with Crippen LogP contribution in [0.15, 0.2) is 53.0 Å². The van der Waals surface area contributed by atoms with E-state index in [1.807, 2.05) is 31.2 Å². The normalized spacial score (nSPS) is 11.9. The average molecular weight is 336 g/mol. The highest BCUT2D eigenvalue weighted by Crippen LogP contribution is 2.16. The summed E-state index contributed by atoms with van der Waals surface area (Å²) in [6.45, 7) is 1.92. The third kappa shape index (κ3) is 4.17. The molecule has 1 N–H and O–H groups in total. The Bertz CT molecular complexity index is 598. The molecule has 4 heteroatoms. The van der Waals surface area contributed by atoms with E-state index in [4.69, 9.17) is 0 Å². The third-order valence-electron chi connectivity index (χ3n) is 3.00. The average Bonchev–Trinajstić information content (AvgIpc) is 2.39. The second-order valence-electron chi connectivity index (χ2n) is 4.65. The van der Waals surface area contributed by atoms with Crippen molar-refractivity contribution in [2.24, 2.45) is 0 Å². The van der Waals surface area contributed by atoms with Gasteiger partial charge >= 0.3 is 0 Å². The van der Waals surface area contributed by atoms with Crippen molar-refractivity contribution in [2.75, 3.05) is 0 Å². The number of rotatable bonds is 4. The predicted octanol–water partition coefficient (Wildman–Crippen LogP) is 4.01. The van der Waals surface area contributed by atoms with Crippen molar-refractivity contribution in [2.45, 2.75) is 19.4 Å². The number of carbonyl (C=O) groups is 1. The lowest BCUT2D eigenvalue weighted by Gasteiger charge is -2.14. The maximum Gasteiger partial charge on any atom is 0.224 e. The first-order chi connectivity index (χ1) is 9.54. The van der Waals surface area contributed by atoms with Gasteiger partial charge in [-0.2, -0.15) is 0 Å². The summed E-state index contributed by atoms with van der Waals surface area (Å²) in [6.07, 6.45) is 0.179. The van der Waals surface area contributed by atoms with Gasteiger partial charge in [0, 0.05) is 4.47 Å². The zero-order valence-corrected chi connectivity index (χ0v) is 12.7. The van der Waals surface area contributed by atoms with Gasteiger partial charge in [0.1, 0.15) is 5.82 Å². The molecule has 20 heavy (non-hydrogen) atoms. The van der Waals surface area contributed by atoms with E-state index in [1.54, 1.807) is 12.1 Å². The molecule has 0 aliphatic heterocycles. The quantitative estimate of drug-likeness (QED) is 0.898. The fourth-order valence-electron chi connectivity index (χ4n) is 1.96. The van der Waals surface area contributed by atoms with Gasteiger partial charge in [0.15, 0.2) is 0 Å². The fraction of sp³-hybridized carbons (Fsp3) is 0.188. The summed E-state index contributed by atoms with van der Waals surface area (Å²) in [6, 6.07) is 13.8. The molecule has 2 aromatic carbocycles. The highest BCUT2D eigenvalue weighted by atomic mass is 79.9. The molecule has 1 amide bonds. The first kappa shape index (κ1) is 14.7. The van der Waals surface area contributed by atoms with Crippen LogP contribution in [0.25, 0.3) is 0 Å². The monoisotopic (exact) mass is 335 g/mol. The van der Waals surface area contributed by atoms with Gasteiger partial charge in [-0.05, 0) is 42.3 Å². The Kier molecular flexibility index (Phi) is 4.90. The minimum atomic E-state index is -0.323. The largest absolute Gasteiger partial charge is 0.349 e. The Morgan fingerprint density at radius 1 is 1.25 bits per heavy atom. The van der Waals surface area contributed by atoms with E-state index in [2.05, 4.69) is 21.2 Å². The molecule has 0 spiro atoms. The van der Waals surface area contributed by atoms with Gasteiger partial charge in [0.25, 0.3) is 0 Å². The molecule has 104 valence electrons. The molecule has 2 nitrogen and oxygen atoms in total. The highest BCUT2D eigenvalue weighted by Gasteiger charge is 2.10. The number of carbonyl (C=O) groups excluding carboxylic acids is 1. The summed E-state index contributed by atoms with van der Waals surface area (Å²) in [5.74, 6) is -0.442. The van der Waals surface area contributed by atoms with Gasteiger partial charge in [0.2, 0.25) is 5.91 Å². The van der Waals surface area contributed by atoms with Crippen molar-refractivity contribution in [1.82, 2.24) is 5.32 Å². The van der Waals surface area contributed by atoms with E-state index in [0.29, 0.717) is 5.56 Å². The minimum Gasteiger partial charge on any atom is -0.349 e. The Labute approximate surface area is 126 Å². The van der Waals surface area contributed by atoms with Crippen molar-refractivity contribution in [3.63, 3.8) is 0 Å². The Morgan fingerprint density at radius 3 is 2.60 bits per heavy atom. The molecular formula is C16H15BrFNO. The molecule has 0 aliphatic rings. The van der Waals surface area contributed by atoms with Crippen LogP contribution in [0.2, 0.25) is 0 Å². The van der Waals surface area contributed by atoms with Crippen LogP contribution in [0.3, 0.4) is 0 Å². The zero-order chi connectivity index (χ0) is 14.5. The standard InChI is InChI=1S/C16H15BrFNO/c1-11(13-5-7-14(17)8-6-13)19-16(20)10-12-3-2-4-15(18)9-12/h2-9,11H,10H2,1H3,(H,19,20)/t11-/m0/s1. The summed E-state index contributed by atoms with van der Waals surface area (Å²) in [7, 11) is 0. The summed E-state index contributed by atoms with van der Waals surface area (Å²) >= 11 is 3.37. The van der Waals surface area contributed by atoms with E-state index < -0.39 is 0 Å². The molecule has 0 saturated carbocycles. The molecule has 0 aliphatic carbocycles. The van der Waals surface area contributed by atoms with Crippen LogP contribution in [0.4, 0.5) is 4.39 Å². The molecule has 0 radical (unpaired) electrons. The van der Waals surface area contributed by atoms with Gasteiger partial charge in [-0.25, -0.2) is 4.39 Å². The molecule has 2 rings (SSSR count). The summed E-state index contributed by atoms with van der Waals surface area (Å²) in [5, 5.41) is 2.91. The molecule has 2 aromatic rings. The van der Waals surface area contributed by atoms with Gasteiger partial charge in [0.05, 0.1) is 12.5 Å². The maximum atomic E-state index is 13.0. The second kappa shape index (κ2) is 6.66. The van der Waals surface area contributed by atoms with Crippen LogP contribution < -0.4 is 5.32 Å². The summed E-state index contributed by atoms with van der Waals surface area (Å²) in [5.41, 5.74) is 1.70. The van der Waals surface area contributed by atoms with Crippen molar-refractivity contribution in [1.29, 1.82) is 0 Å². The molecule has 0 bridgehead atoms. The van der Waals surface area contributed by atoms with Crippen molar-refractivity contribution in [3.05, 3.63) is 69.9 Å². The number of halogens is 2. The molecule has 0 heterocycles. The predicted molar refractivity (Wildman–Crippen MR) is 80.8 cm³/mol. The van der Waals surface area contributed by atoms with Gasteiger partial charge < -0.3 is 5.32 Å². The molecule has 0 fully saturated rings. The summed E-state index contributed by atoms with van der Waals surface area (Å²) in [4.78, 5) is 11.9. The lowest BCUT2D eigenvalue weighted by molar-refractivity contribution is -0.121. The van der Waals surface area contributed by atoms with E-state index >= 15 is 0 Å². The van der Waals surface area contributed by atoms with Crippen molar-refractivity contribution < 1.29 is 9.18 Å². The maximum absolute atomic E-state index is 13.0. The zero-order valence-electron chi connectivity index (χ0n) is 11.1. The minimum absolute atomic E-state index is 0.0795. The fourth-order valence-corrected chi connectivity index (χ4v) is 2.22. The highest BCUT2D eigenvalue weighted by molar-refractivity contribution is 9.10. The SMILES string of the molecule is C[C@H](NC(=O)Cc1cccc(F)c1)c1ccc(Br)cc1. The van der Waals surface area contributed by atoms with Crippen LogP contribution in [-0.4, -0.2) is 5.91 Å². The summed E-state index contributed by atoms with van der Waals surface area (Å²) < 4.78 is 14.0.